The van der Waals surface area contributed by atoms with Crippen molar-refractivity contribution in [2.24, 2.45) is 0 Å². The number of carbonyl (C=O) groups is 1. The minimum Gasteiger partial charge on any atom is -0.494 e. The van der Waals surface area contributed by atoms with Crippen molar-refractivity contribution in [1.29, 1.82) is 0 Å². The van der Waals surface area contributed by atoms with Crippen LogP contribution in [0.15, 0.2) is 34.9 Å². The molecule has 2 heterocycles. The van der Waals surface area contributed by atoms with Gasteiger partial charge in [-0.25, -0.2) is 4.98 Å². The van der Waals surface area contributed by atoms with E-state index in [9.17, 15) is 4.79 Å². The molecule has 0 radical (unpaired) electrons. The van der Waals surface area contributed by atoms with Crippen molar-refractivity contribution in [3.8, 4) is 17.1 Å². The van der Waals surface area contributed by atoms with Gasteiger partial charge in [0.05, 0.1) is 18.9 Å². The maximum Gasteiger partial charge on any atom is 0.220 e. The number of aromatic nitrogens is 1. The molecule has 6 heteroatoms. The Labute approximate surface area is 147 Å². The predicted octanol–water partition coefficient (Wildman–Crippen LogP) is 2.97. The Bertz CT molecular complexity index is 675. The van der Waals surface area contributed by atoms with Gasteiger partial charge in [-0.15, -0.1) is 0 Å². The first-order valence-electron chi connectivity index (χ1n) is 8.81. The number of nitrogens with zero attached hydrogens (tertiary/aromatic N) is 1. The number of benzene rings is 1. The topological polar surface area (TPSA) is 73.6 Å². The highest BCUT2D eigenvalue weighted by molar-refractivity contribution is 5.76. The second-order valence-electron chi connectivity index (χ2n) is 6.01. The number of oxazole rings is 1. The maximum atomic E-state index is 11.9. The lowest BCUT2D eigenvalue weighted by Gasteiger charge is -2.10. The van der Waals surface area contributed by atoms with E-state index < -0.39 is 0 Å². The van der Waals surface area contributed by atoms with E-state index in [0.29, 0.717) is 37.6 Å². The van der Waals surface area contributed by atoms with E-state index in [1.165, 1.54) is 0 Å². The first kappa shape index (κ1) is 17.5. The average Bonchev–Trinajstić information content (AvgIpc) is 3.31. The largest absolute Gasteiger partial charge is 0.494 e. The highest BCUT2D eigenvalue weighted by atomic mass is 16.5. The number of amides is 1. The fraction of sp³-hybridized carbons (Fsp3) is 0.474. The second-order valence-corrected chi connectivity index (χ2v) is 6.01. The summed E-state index contributed by atoms with van der Waals surface area (Å²) in [6.45, 7) is 3.97. The fourth-order valence-electron chi connectivity index (χ4n) is 2.78. The number of ether oxygens (including phenoxy) is 2. The molecule has 1 N–H and O–H groups in total. The van der Waals surface area contributed by atoms with E-state index in [1.54, 1.807) is 6.20 Å². The van der Waals surface area contributed by atoms with Crippen LogP contribution in [-0.2, 0) is 16.0 Å². The molecule has 1 aromatic heterocycles. The van der Waals surface area contributed by atoms with Crippen LogP contribution in [0, 0.1) is 0 Å². The van der Waals surface area contributed by atoms with Gasteiger partial charge in [-0.05, 0) is 44.0 Å². The Morgan fingerprint density at radius 3 is 2.92 bits per heavy atom. The van der Waals surface area contributed by atoms with Gasteiger partial charge in [0.2, 0.25) is 5.91 Å². The van der Waals surface area contributed by atoms with Crippen molar-refractivity contribution < 1.29 is 18.7 Å². The molecule has 25 heavy (non-hydrogen) atoms. The maximum absolute atomic E-state index is 11.9. The molecule has 1 fully saturated rings. The monoisotopic (exact) mass is 344 g/mol. The average molecular weight is 344 g/mol. The SMILES string of the molecule is CCOc1ccc(-c2cnc(CCC(=O)NCC3CCCO3)o2)cc1. The molecule has 1 aliphatic rings. The summed E-state index contributed by atoms with van der Waals surface area (Å²) in [5, 5.41) is 2.90. The summed E-state index contributed by atoms with van der Waals surface area (Å²) in [4.78, 5) is 16.2. The van der Waals surface area contributed by atoms with Crippen LogP contribution in [0.3, 0.4) is 0 Å². The third-order valence-corrected chi connectivity index (χ3v) is 4.12. The molecule has 134 valence electrons. The Morgan fingerprint density at radius 2 is 2.20 bits per heavy atom. The third-order valence-electron chi connectivity index (χ3n) is 4.12. The molecule has 0 saturated carbocycles. The fourth-order valence-corrected chi connectivity index (χ4v) is 2.78. The van der Waals surface area contributed by atoms with Crippen LogP contribution in [0.4, 0.5) is 0 Å². The van der Waals surface area contributed by atoms with Crippen molar-refractivity contribution in [1.82, 2.24) is 10.3 Å². The van der Waals surface area contributed by atoms with Crippen LogP contribution >= 0.6 is 0 Å². The zero-order chi connectivity index (χ0) is 17.5. The van der Waals surface area contributed by atoms with Gasteiger partial charge in [0.25, 0.3) is 0 Å². The molecule has 2 aromatic rings. The van der Waals surface area contributed by atoms with Crippen LogP contribution in [0.25, 0.3) is 11.3 Å². The van der Waals surface area contributed by atoms with Crippen molar-refractivity contribution >= 4 is 5.91 Å². The van der Waals surface area contributed by atoms with Crippen LogP contribution in [0.1, 0.15) is 32.1 Å². The molecule has 1 amide bonds. The van der Waals surface area contributed by atoms with Crippen molar-refractivity contribution in [2.75, 3.05) is 19.8 Å². The molecule has 1 unspecified atom stereocenters. The lowest BCUT2D eigenvalue weighted by atomic mass is 10.2. The van der Waals surface area contributed by atoms with Crippen LogP contribution in [0.2, 0.25) is 0 Å². The molecule has 3 rings (SSSR count). The number of carbonyl (C=O) groups excluding carboxylic acids is 1. The van der Waals surface area contributed by atoms with E-state index in [0.717, 1.165) is 30.8 Å². The molecule has 0 spiro atoms. The second kappa shape index (κ2) is 8.67. The predicted molar refractivity (Wildman–Crippen MR) is 93.4 cm³/mol. The summed E-state index contributed by atoms with van der Waals surface area (Å²) in [5.74, 6) is 2.08. The number of hydrogen-bond donors (Lipinski definition) is 1. The van der Waals surface area contributed by atoms with Gasteiger partial charge in [0.1, 0.15) is 5.75 Å². The molecule has 0 bridgehead atoms. The molecular formula is C19H24N2O4. The normalized spacial score (nSPS) is 16.8. The number of hydrogen-bond acceptors (Lipinski definition) is 5. The number of rotatable bonds is 8. The highest BCUT2D eigenvalue weighted by Crippen LogP contribution is 2.23. The Balaban J connectivity index is 1.46. The van der Waals surface area contributed by atoms with Crippen LogP contribution in [-0.4, -0.2) is 36.8 Å². The summed E-state index contributed by atoms with van der Waals surface area (Å²) in [6, 6.07) is 7.67. The van der Waals surface area contributed by atoms with E-state index in [2.05, 4.69) is 10.3 Å². The van der Waals surface area contributed by atoms with Gasteiger partial charge in [0.15, 0.2) is 11.7 Å². The summed E-state index contributed by atoms with van der Waals surface area (Å²) in [7, 11) is 0. The van der Waals surface area contributed by atoms with Gasteiger partial charge in [0, 0.05) is 31.6 Å². The Morgan fingerprint density at radius 1 is 1.36 bits per heavy atom. The highest BCUT2D eigenvalue weighted by Gasteiger charge is 2.16. The molecule has 6 nitrogen and oxygen atoms in total. The summed E-state index contributed by atoms with van der Waals surface area (Å²) >= 11 is 0. The molecule has 0 aliphatic carbocycles. The van der Waals surface area contributed by atoms with E-state index >= 15 is 0 Å². The molecule has 1 atom stereocenters. The van der Waals surface area contributed by atoms with Crippen molar-refractivity contribution in [3.05, 3.63) is 36.4 Å². The zero-order valence-corrected chi connectivity index (χ0v) is 14.5. The summed E-state index contributed by atoms with van der Waals surface area (Å²) < 4.78 is 16.7. The van der Waals surface area contributed by atoms with Gasteiger partial charge >= 0.3 is 0 Å². The number of nitrogens with one attached hydrogen (secondary N) is 1. The lowest BCUT2D eigenvalue weighted by molar-refractivity contribution is -0.121. The van der Waals surface area contributed by atoms with E-state index in [1.807, 2.05) is 31.2 Å². The van der Waals surface area contributed by atoms with Gasteiger partial charge in [-0.3, -0.25) is 4.79 Å². The molecule has 1 saturated heterocycles. The van der Waals surface area contributed by atoms with Gasteiger partial charge in [-0.1, -0.05) is 0 Å². The summed E-state index contributed by atoms with van der Waals surface area (Å²) in [5.41, 5.74) is 0.935. The summed E-state index contributed by atoms with van der Waals surface area (Å²) in [6.07, 6.45) is 4.79. The van der Waals surface area contributed by atoms with E-state index in [4.69, 9.17) is 13.9 Å². The first-order chi connectivity index (χ1) is 12.2. The lowest BCUT2D eigenvalue weighted by Crippen LogP contribution is -2.31. The van der Waals surface area contributed by atoms with Gasteiger partial charge < -0.3 is 19.2 Å². The Kier molecular flexibility index (Phi) is 6.06. The van der Waals surface area contributed by atoms with Crippen molar-refractivity contribution in [2.45, 2.75) is 38.7 Å². The standard InChI is InChI=1S/C19H24N2O4/c1-2-23-15-7-5-14(6-8-15)17-13-21-19(25-17)10-9-18(22)20-12-16-4-3-11-24-16/h5-8,13,16H,2-4,9-12H2,1H3,(H,20,22). The smallest absolute Gasteiger partial charge is 0.220 e. The number of aryl methyl sites for hydroxylation is 1. The minimum absolute atomic E-state index is 0.00341. The Hall–Kier alpha value is -2.34. The van der Waals surface area contributed by atoms with Crippen LogP contribution in [0.5, 0.6) is 5.75 Å². The molecule has 1 aliphatic heterocycles. The van der Waals surface area contributed by atoms with Crippen molar-refractivity contribution in [3.63, 3.8) is 0 Å². The van der Waals surface area contributed by atoms with Crippen LogP contribution < -0.4 is 10.1 Å². The molecular weight excluding hydrogens is 320 g/mol. The zero-order valence-electron chi connectivity index (χ0n) is 14.5. The first-order valence-corrected chi connectivity index (χ1v) is 8.81. The van der Waals surface area contributed by atoms with Gasteiger partial charge in [-0.2, -0.15) is 0 Å². The molecule has 1 aromatic carbocycles. The third kappa shape index (κ3) is 5.06. The minimum atomic E-state index is -0.00341. The van der Waals surface area contributed by atoms with E-state index in [-0.39, 0.29) is 12.0 Å². The quantitative estimate of drug-likeness (QED) is 0.797.